The maximum absolute atomic E-state index is 12.2. The van der Waals surface area contributed by atoms with E-state index in [1.54, 1.807) is 18.0 Å². The van der Waals surface area contributed by atoms with E-state index < -0.39 is 0 Å². The minimum atomic E-state index is 0.0388. The van der Waals surface area contributed by atoms with Crippen molar-refractivity contribution in [3.63, 3.8) is 0 Å². The van der Waals surface area contributed by atoms with Crippen LogP contribution in [0.4, 0.5) is 5.82 Å². The zero-order valence-corrected chi connectivity index (χ0v) is 13.9. The summed E-state index contributed by atoms with van der Waals surface area (Å²) in [5.74, 6) is 0.762. The van der Waals surface area contributed by atoms with Gasteiger partial charge in [-0.05, 0) is 25.0 Å². The molecule has 22 heavy (non-hydrogen) atoms. The van der Waals surface area contributed by atoms with Gasteiger partial charge < -0.3 is 10.6 Å². The third-order valence-corrected chi connectivity index (χ3v) is 4.10. The molecule has 2 aromatic rings. The van der Waals surface area contributed by atoms with Gasteiger partial charge in [0, 0.05) is 25.4 Å². The van der Waals surface area contributed by atoms with Crippen LogP contribution >= 0.6 is 11.8 Å². The summed E-state index contributed by atoms with van der Waals surface area (Å²) in [7, 11) is 1.81. The third-order valence-electron chi connectivity index (χ3n) is 3.27. The predicted octanol–water partition coefficient (Wildman–Crippen LogP) is 2.43. The van der Waals surface area contributed by atoms with Crippen LogP contribution in [0, 0.1) is 13.8 Å². The summed E-state index contributed by atoms with van der Waals surface area (Å²) in [6, 6.07) is 9.77. The molecule has 6 heteroatoms. The van der Waals surface area contributed by atoms with E-state index in [0.29, 0.717) is 23.3 Å². The Bertz CT molecular complexity index is 655. The summed E-state index contributed by atoms with van der Waals surface area (Å²) < 4.78 is 0. The molecule has 1 aromatic carbocycles. The smallest absolute Gasteiger partial charge is 0.233 e. The molecule has 0 saturated heterocycles. The molecule has 2 rings (SSSR count). The van der Waals surface area contributed by atoms with Crippen molar-refractivity contribution in [3.05, 3.63) is 47.2 Å². The normalized spacial score (nSPS) is 10.5. The highest BCUT2D eigenvalue weighted by Gasteiger charge is 2.12. The number of carbonyl (C=O) groups excluding carboxylic acids is 1. The molecule has 1 heterocycles. The van der Waals surface area contributed by atoms with Gasteiger partial charge in [-0.3, -0.25) is 4.79 Å². The van der Waals surface area contributed by atoms with Crippen LogP contribution in [0.1, 0.15) is 16.8 Å². The number of carbonyl (C=O) groups is 1. The van der Waals surface area contributed by atoms with Gasteiger partial charge in [0.05, 0.1) is 5.75 Å². The molecule has 0 radical (unpaired) electrons. The second-order valence-corrected chi connectivity index (χ2v) is 6.12. The van der Waals surface area contributed by atoms with Gasteiger partial charge in [0.25, 0.3) is 0 Å². The molecule has 0 aliphatic carbocycles. The van der Waals surface area contributed by atoms with E-state index in [9.17, 15) is 4.79 Å². The van der Waals surface area contributed by atoms with Crippen molar-refractivity contribution in [2.24, 2.45) is 0 Å². The number of hydrogen-bond donors (Lipinski definition) is 1. The fourth-order valence-corrected chi connectivity index (χ4v) is 2.85. The van der Waals surface area contributed by atoms with E-state index in [0.717, 1.165) is 11.3 Å². The Morgan fingerprint density at radius 1 is 1.27 bits per heavy atom. The lowest BCUT2D eigenvalue weighted by Gasteiger charge is -2.18. The van der Waals surface area contributed by atoms with E-state index in [1.807, 2.05) is 38.1 Å². The highest BCUT2D eigenvalue weighted by molar-refractivity contribution is 7.99. The van der Waals surface area contributed by atoms with E-state index in [1.165, 1.54) is 17.3 Å². The average Bonchev–Trinajstić information content (AvgIpc) is 2.46. The number of hydrogen-bond acceptors (Lipinski definition) is 5. The van der Waals surface area contributed by atoms with Gasteiger partial charge in [0.15, 0.2) is 5.16 Å². The first kappa shape index (κ1) is 16.3. The lowest BCUT2D eigenvalue weighted by atomic mass is 10.1. The van der Waals surface area contributed by atoms with Gasteiger partial charge in [0.1, 0.15) is 5.82 Å². The number of rotatable bonds is 5. The number of aromatic nitrogens is 2. The molecule has 0 saturated carbocycles. The number of benzene rings is 1. The van der Waals surface area contributed by atoms with Crippen LogP contribution < -0.4 is 5.73 Å². The summed E-state index contributed by atoms with van der Waals surface area (Å²) in [5, 5.41) is 0.537. The second-order valence-electron chi connectivity index (χ2n) is 5.18. The van der Waals surface area contributed by atoms with Gasteiger partial charge in [-0.25, -0.2) is 9.97 Å². The first-order valence-electron chi connectivity index (χ1n) is 6.98. The Morgan fingerprint density at radius 2 is 2.00 bits per heavy atom. The minimum absolute atomic E-state index is 0.0388. The van der Waals surface area contributed by atoms with Crippen LogP contribution in [0.25, 0.3) is 0 Å². The van der Waals surface area contributed by atoms with Crippen LogP contribution in [0.3, 0.4) is 0 Å². The number of anilines is 1. The standard InChI is InChI=1S/C16H20N4OS/c1-11-6-4-5-7-13(11)9-20(3)15(21)10-22-16-18-12(2)8-14(17)19-16/h4-8H,9-10H2,1-3H3,(H2,17,18,19). The summed E-state index contributed by atoms with van der Waals surface area (Å²) in [6.45, 7) is 4.50. The van der Waals surface area contributed by atoms with Crippen molar-refractivity contribution in [2.45, 2.75) is 25.5 Å². The Labute approximate surface area is 135 Å². The van der Waals surface area contributed by atoms with E-state index in [2.05, 4.69) is 9.97 Å². The molecule has 0 aliphatic rings. The van der Waals surface area contributed by atoms with E-state index >= 15 is 0 Å². The van der Waals surface area contributed by atoms with Gasteiger partial charge in [0.2, 0.25) is 5.91 Å². The summed E-state index contributed by atoms with van der Waals surface area (Å²) >= 11 is 1.31. The fraction of sp³-hybridized carbons (Fsp3) is 0.312. The lowest BCUT2D eigenvalue weighted by molar-refractivity contribution is -0.127. The number of nitrogens with two attached hydrogens (primary N) is 1. The van der Waals surface area contributed by atoms with Crippen LogP contribution in [0.15, 0.2) is 35.5 Å². The van der Waals surface area contributed by atoms with Crippen LogP contribution in [-0.2, 0) is 11.3 Å². The molecular formula is C16H20N4OS. The summed E-state index contributed by atoms with van der Waals surface area (Å²) in [5.41, 5.74) is 8.82. The Hall–Kier alpha value is -2.08. The van der Waals surface area contributed by atoms with Gasteiger partial charge in [-0.15, -0.1) is 0 Å². The summed E-state index contributed by atoms with van der Waals surface area (Å²) in [4.78, 5) is 22.3. The molecule has 0 unspecified atom stereocenters. The quantitative estimate of drug-likeness (QED) is 0.677. The van der Waals surface area contributed by atoms with Crippen molar-refractivity contribution in [3.8, 4) is 0 Å². The number of aryl methyl sites for hydroxylation is 2. The monoisotopic (exact) mass is 316 g/mol. The van der Waals surface area contributed by atoms with Crippen LogP contribution in [0.5, 0.6) is 0 Å². The summed E-state index contributed by atoms with van der Waals surface area (Å²) in [6.07, 6.45) is 0. The van der Waals surface area contributed by atoms with Gasteiger partial charge >= 0.3 is 0 Å². The molecule has 0 spiro atoms. The number of amides is 1. The van der Waals surface area contributed by atoms with Crippen molar-refractivity contribution >= 4 is 23.5 Å². The van der Waals surface area contributed by atoms with Crippen LogP contribution in [-0.4, -0.2) is 33.6 Å². The molecule has 5 nitrogen and oxygen atoms in total. The molecule has 2 N–H and O–H groups in total. The molecule has 0 fully saturated rings. The van der Waals surface area contributed by atoms with Crippen molar-refractivity contribution in [2.75, 3.05) is 18.5 Å². The molecule has 0 bridgehead atoms. The number of nitrogen functional groups attached to an aromatic ring is 1. The Morgan fingerprint density at radius 3 is 2.68 bits per heavy atom. The zero-order chi connectivity index (χ0) is 16.1. The van der Waals surface area contributed by atoms with Crippen molar-refractivity contribution in [1.82, 2.24) is 14.9 Å². The second kappa shape index (κ2) is 7.26. The average molecular weight is 316 g/mol. The number of thioether (sulfide) groups is 1. The van der Waals surface area contributed by atoms with Gasteiger partial charge in [-0.2, -0.15) is 0 Å². The molecule has 1 amide bonds. The zero-order valence-electron chi connectivity index (χ0n) is 13.0. The van der Waals surface area contributed by atoms with Crippen molar-refractivity contribution in [1.29, 1.82) is 0 Å². The number of nitrogens with zero attached hydrogens (tertiary/aromatic N) is 3. The Balaban J connectivity index is 1.93. The SMILES string of the molecule is Cc1cc(N)nc(SCC(=O)N(C)Cc2ccccc2C)n1. The van der Waals surface area contributed by atoms with Crippen molar-refractivity contribution < 1.29 is 4.79 Å². The highest BCUT2D eigenvalue weighted by atomic mass is 32.2. The van der Waals surface area contributed by atoms with E-state index in [4.69, 9.17) is 5.73 Å². The maximum Gasteiger partial charge on any atom is 0.233 e. The lowest BCUT2D eigenvalue weighted by Crippen LogP contribution is -2.28. The molecule has 0 aliphatic heterocycles. The minimum Gasteiger partial charge on any atom is -0.384 e. The molecule has 1 aromatic heterocycles. The topological polar surface area (TPSA) is 72.1 Å². The van der Waals surface area contributed by atoms with Gasteiger partial charge in [-0.1, -0.05) is 36.0 Å². The van der Waals surface area contributed by atoms with Crippen LogP contribution in [0.2, 0.25) is 0 Å². The first-order valence-corrected chi connectivity index (χ1v) is 7.96. The largest absolute Gasteiger partial charge is 0.384 e. The molecular weight excluding hydrogens is 296 g/mol. The third kappa shape index (κ3) is 4.46. The Kier molecular flexibility index (Phi) is 5.38. The molecule has 116 valence electrons. The first-order chi connectivity index (χ1) is 10.5. The predicted molar refractivity (Wildman–Crippen MR) is 89.6 cm³/mol. The molecule has 0 atom stereocenters. The maximum atomic E-state index is 12.2. The fourth-order valence-electron chi connectivity index (χ4n) is 2.00. The van der Waals surface area contributed by atoms with E-state index in [-0.39, 0.29) is 5.91 Å². The highest BCUT2D eigenvalue weighted by Crippen LogP contribution is 2.16.